The summed E-state index contributed by atoms with van der Waals surface area (Å²) in [6, 6.07) is 5.59. The highest BCUT2D eigenvalue weighted by atomic mass is 16.5. The molecule has 1 amide bonds. The maximum Gasteiger partial charge on any atom is 0.337 e. The number of aryl methyl sites for hydroxylation is 1. The maximum atomic E-state index is 11.8. The third kappa shape index (κ3) is 2.95. The van der Waals surface area contributed by atoms with Crippen molar-refractivity contribution < 1.29 is 14.3 Å². The van der Waals surface area contributed by atoms with E-state index < -0.39 is 0 Å². The van der Waals surface area contributed by atoms with E-state index in [1.165, 1.54) is 7.11 Å². The second-order valence-electron chi connectivity index (χ2n) is 4.78. The minimum atomic E-state index is -0.356. The molecule has 0 atom stereocenters. The van der Waals surface area contributed by atoms with Crippen LogP contribution in [0, 0.1) is 0 Å². The highest BCUT2D eigenvalue weighted by Crippen LogP contribution is 2.25. The number of anilines is 1. The molecule has 19 heavy (non-hydrogen) atoms. The molecule has 1 aromatic carbocycles. The lowest BCUT2D eigenvalue weighted by molar-refractivity contribution is -0.117. The molecule has 0 aliphatic carbocycles. The van der Waals surface area contributed by atoms with Crippen LogP contribution in [0.3, 0.4) is 0 Å². The van der Waals surface area contributed by atoms with E-state index in [4.69, 9.17) is 4.74 Å². The quantitative estimate of drug-likeness (QED) is 0.782. The molecule has 2 rings (SSSR count). The highest BCUT2D eigenvalue weighted by Gasteiger charge is 2.23. The minimum absolute atomic E-state index is 0.129. The molecule has 1 aliphatic heterocycles. The lowest BCUT2D eigenvalue weighted by Crippen LogP contribution is -2.24. The van der Waals surface area contributed by atoms with E-state index in [2.05, 4.69) is 6.92 Å². The Balaban J connectivity index is 2.38. The summed E-state index contributed by atoms with van der Waals surface area (Å²) in [4.78, 5) is 25.3. The van der Waals surface area contributed by atoms with E-state index in [1.54, 1.807) is 11.0 Å². The normalized spacial score (nSPS) is 14.8. The van der Waals surface area contributed by atoms with Gasteiger partial charge in [0.25, 0.3) is 0 Å². The number of esters is 1. The van der Waals surface area contributed by atoms with Crippen molar-refractivity contribution in [2.24, 2.45) is 0 Å². The molecule has 0 bridgehead atoms. The van der Waals surface area contributed by atoms with Gasteiger partial charge in [-0.3, -0.25) is 4.79 Å². The van der Waals surface area contributed by atoms with Crippen LogP contribution in [0.5, 0.6) is 0 Å². The van der Waals surface area contributed by atoms with Crippen molar-refractivity contribution in [1.29, 1.82) is 0 Å². The Hall–Kier alpha value is -1.84. The third-order valence-corrected chi connectivity index (χ3v) is 3.32. The lowest BCUT2D eigenvalue weighted by Gasteiger charge is -2.18. The standard InChI is InChI=1S/C15H19NO3/c1-3-5-11-8-12(15(18)19-2)10-13(9-11)16-7-4-6-14(16)17/h8-10H,3-7H2,1-2H3. The van der Waals surface area contributed by atoms with Gasteiger partial charge in [0.15, 0.2) is 0 Å². The Labute approximate surface area is 113 Å². The van der Waals surface area contributed by atoms with Crippen molar-refractivity contribution in [2.45, 2.75) is 32.6 Å². The van der Waals surface area contributed by atoms with E-state index in [0.717, 1.165) is 37.1 Å². The predicted molar refractivity (Wildman–Crippen MR) is 73.4 cm³/mol. The van der Waals surface area contributed by atoms with Crippen LogP contribution in [-0.2, 0) is 16.0 Å². The van der Waals surface area contributed by atoms with E-state index >= 15 is 0 Å². The topological polar surface area (TPSA) is 46.6 Å². The van der Waals surface area contributed by atoms with Gasteiger partial charge in [-0.1, -0.05) is 13.3 Å². The van der Waals surface area contributed by atoms with Gasteiger partial charge in [0, 0.05) is 18.7 Å². The average Bonchev–Trinajstić information content (AvgIpc) is 2.84. The van der Waals surface area contributed by atoms with E-state index in [0.29, 0.717) is 12.0 Å². The number of carbonyl (C=O) groups excluding carboxylic acids is 2. The number of nitrogens with zero attached hydrogens (tertiary/aromatic N) is 1. The first-order chi connectivity index (χ1) is 9.15. The lowest BCUT2D eigenvalue weighted by atomic mass is 10.0. The Morgan fingerprint density at radius 2 is 2.16 bits per heavy atom. The summed E-state index contributed by atoms with van der Waals surface area (Å²) in [7, 11) is 1.37. The van der Waals surface area contributed by atoms with Crippen molar-refractivity contribution >= 4 is 17.6 Å². The van der Waals surface area contributed by atoms with Crippen LogP contribution in [0.4, 0.5) is 5.69 Å². The van der Waals surface area contributed by atoms with Crippen molar-refractivity contribution in [3.63, 3.8) is 0 Å². The predicted octanol–water partition coefficient (Wildman–Crippen LogP) is 2.55. The Kier molecular flexibility index (Phi) is 4.20. The van der Waals surface area contributed by atoms with Gasteiger partial charge in [-0.15, -0.1) is 0 Å². The van der Waals surface area contributed by atoms with Crippen LogP contribution >= 0.6 is 0 Å². The van der Waals surface area contributed by atoms with Crippen molar-refractivity contribution in [1.82, 2.24) is 0 Å². The molecule has 4 nitrogen and oxygen atoms in total. The van der Waals surface area contributed by atoms with E-state index in [-0.39, 0.29) is 11.9 Å². The number of ether oxygens (including phenoxy) is 1. The van der Waals surface area contributed by atoms with Gasteiger partial charge in [0.05, 0.1) is 12.7 Å². The van der Waals surface area contributed by atoms with Crippen molar-refractivity contribution in [2.75, 3.05) is 18.6 Å². The van der Waals surface area contributed by atoms with Gasteiger partial charge in [0.2, 0.25) is 5.91 Å². The van der Waals surface area contributed by atoms with Gasteiger partial charge in [-0.2, -0.15) is 0 Å². The number of rotatable bonds is 4. The van der Waals surface area contributed by atoms with Crippen LogP contribution in [-0.4, -0.2) is 25.5 Å². The van der Waals surface area contributed by atoms with E-state index in [9.17, 15) is 9.59 Å². The first kappa shape index (κ1) is 13.6. The fraction of sp³-hybridized carbons (Fsp3) is 0.467. The largest absolute Gasteiger partial charge is 0.465 e. The highest BCUT2D eigenvalue weighted by molar-refractivity contribution is 5.97. The SMILES string of the molecule is CCCc1cc(C(=O)OC)cc(N2CCCC2=O)c1. The summed E-state index contributed by atoms with van der Waals surface area (Å²) in [6.07, 6.45) is 3.35. The summed E-state index contributed by atoms with van der Waals surface area (Å²) in [6.45, 7) is 2.82. The van der Waals surface area contributed by atoms with Gasteiger partial charge < -0.3 is 9.64 Å². The fourth-order valence-corrected chi connectivity index (χ4v) is 2.42. The number of methoxy groups -OCH3 is 1. The summed E-state index contributed by atoms with van der Waals surface area (Å²) < 4.78 is 4.77. The molecule has 1 aromatic rings. The van der Waals surface area contributed by atoms with Gasteiger partial charge in [0.1, 0.15) is 0 Å². The molecular weight excluding hydrogens is 242 g/mol. The zero-order valence-corrected chi connectivity index (χ0v) is 11.4. The smallest absolute Gasteiger partial charge is 0.337 e. The number of hydrogen-bond acceptors (Lipinski definition) is 3. The van der Waals surface area contributed by atoms with Gasteiger partial charge in [-0.25, -0.2) is 4.79 Å². The van der Waals surface area contributed by atoms with Gasteiger partial charge in [-0.05, 0) is 36.6 Å². The number of hydrogen-bond donors (Lipinski definition) is 0. The Morgan fingerprint density at radius 3 is 2.74 bits per heavy atom. The molecule has 0 radical (unpaired) electrons. The molecule has 0 aromatic heterocycles. The van der Waals surface area contributed by atoms with E-state index in [1.807, 2.05) is 12.1 Å². The molecule has 102 valence electrons. The van der Waals surface area contributed by atoms with Crippen LogP contribution < -0.4 is 4.90 Å². The monoisotopic (exact) mass is 261 g/mol. The molecule has 1 fully saturated rings. The molecule has 4 heteroatoms. The number of amides is 1. The molecule has 0 unspecified atom stereocenters. The molecule has 1 saturated heterocycles. The van der Waals surface area contributed by atoms with Gasteiger partial charge >= 0.3 is 5.97 Å². The zero-order chi connectivity index (χ0) is 13.8. The summed E-state index contributed by atoms with van der Waals surface area (Å²) >= 11 is 0. The zero-order valence-electron chi connectivity index (χ0n) is 11.4. The minimum Gasteiger partial charge on any atom is -0.465 e. The van der Waals surface area contributed by atoms with Crippen LogP contribution in [0.15, 0.2) is 18.2 Å². The summed E-state index contributed by atoms with van der Waals surface area (Å²) in [5, 5.41) is 0. The molecular formula is C15H19NO3. The third-order valence-electron chi connectivity index (χ3n) is 3.32. The Morgan fingerprint density at radius 1 is 1.37 bits per heavy atom. The van der Waals surface area contributed by atoms with Crippen LogP contribution in [0.1, 0.15) is 42.1 Å². The molecule has 1 aliphatic rings. The molecule has 1 heterocycles. The van der Waals surface area contributed by atoms with Crippen LogP contribution in [0.2, 0.25) is 0 Å². The molecule has 0 saturated carbocycles. The summed E-state index contributed by atoms with van der Waals surface area (Å²) in [5.74, 6) is -0.227. The maximum absolute atomic E-state index is 11.8. The summed E-state index contributed by atoms with van der Waals surface area (Å²) in [5.41, 5.74) is 2.40. The fourth-order valence-electron chi connectivity index (χ4n) is 2.42. The van der Waals surface area contributed by atoms with Crippen molar-refractivity contribution in [3.05, 3.63) is 29.3 Å². The van der Waals surface area contributed by atoms with Crippen molar-refractivity contribution in [3.8, 4) is 0 Å². The Bertz CT molecular complexity index is 496. The second-order valence-corrected chi connectivity index (χ2v) is 4.78. The second kappa shape index (κ2) is 5.87. The first-order valence-electron chi connectivity index (χ1n) is 6.68. The number of benzene rings is 1. The molecule has 0 spiro atoms. The first-order valence-corrected chi connectivity index (χ1v) is 6.68. The van der Waals surface area contributed by atoms with Crippen LogP contribution in [0.25, 0.3) is 0 Å². The average molecular weight is 261 g/mol. The number of carbonyl (C=O) groups is 2. The molecule has 0 N–H and O–H groups in total.